The summed E-state index contributed by atoms with van der Waals surface area (Å²) in [6.07, 6.45) is -3.98. The molecule has 0 saturated carbocycles. The van der Waals surface area contributed by atoms with Crippen LogP contribution in [0.3, 0.4) is 0 Å². The van der Waals surface area contributed by atoms with Gasteiger partial charge in [-0.15, -0.1) is 0 Å². The number of carboxylic acid groups (broad SMARTS) is 1. The monoisotopic (exact) mass is 657 g/mol. The van der Waals surface area contributed by atoms with Gasteiger partial charge in [0.1, 0.15) is 11.9 Å². The number of nitrogens with two attached hydrogens (primary N) is 2. The minimum atomic E-state index is -5.08. The molecule has 0 spiro atoms. The van der Waals surface area contributed by atoms with E-state index in [0.29, 0.717) is 27.9 Å². The third kappa shape index (κ3) is 10.1. The second-order valence-electron chi connectivity index (χ2n) is 9.21. The zero-order valence-electron chi connectivity index (χ0n) is 23.4. The predicted molar refractivity (Wildman–Crippen MR) is 158 cm³/mol. The Balaban J connectivity index is 0.000000860. The van der Waals surface area contributed by atoms with E-state index >= 15 is 0 Å². The highest BCUT2D eigenvalue weighted by molar-refractivity contribution is 7.89. The molecule has 1 atom stereocenters. The van der Waals surface area contributed by atoms with Gasteiger partial charge in [0.25, 0.3) is 0 Å². The van der Waals surface area contributed by atoms with Crippen molar-refractivity contribution in [2.24, 2.45) is 10.9 Å². The Morgan fingerprint density at radius 3 is 2.05 bits per heavy atom. The van der Waals surface area contributed by atoms with Gasteiger partial charge in [-0.1, -0.05) is 55.5 Å². The normalized spacial score (nSPS) is 12.5. The number of nitrogen functional groups attached to an aromatic ring is 1. The standard InChI is InChI=1S/C25H29N5O5S2.C2HF3O2/c1-3-30(36(2,32)33)22(16-17-7-6-8-19(15-17)24(26)27)25(31)29-20-13-11-18(12-14-20)21-9-4-5-10-23(21)37(28,34)35;3-2(4,5)1(6)7/h4-15,22H,3,16H2,1-2H3,(H3,26,27)(H,29,31)(H2,28,34,35);(H,6,7)/t22-;/m0./s1. The van der Waals surface area contributed by atoms with Gasteiger partial charge in [-0.05, 0) is 41.8 Å². The number of likely N-dealkylation sites (N-methyl/N-ethyl adjacent to an activating group) is 1. The number of rotatable bonds is 10. The maximum Gasteiger partial charge on any atom is 0.490 e. The van der Waals surface area contributed by atoms with Gasteiger partial charge in [-0.25, -0.2) is 26.8 Å². The van der Waals surface area contributed by atoms with Crippen LogP contribution in [0.5, 0.6) is 0 Å². The van der Waals surface area contributed by atoms with E-state index in [9.17, 15) is 34.8 Å². The van der Waals surface area contributed by atoms with Gasteiger partial charge in [-0.3, -0.25) is 10.2 Å². The predicted octanol–water partition coefficient (Wildman–Crippen LogP) is 2.75. The van der Waals surface area contributed by atoms with E-state index in [0.717, 1.165) is 10.6 Å². The number of hydrogen-bond donors (Lipinski definition) is 5. The summed E-state index contributed by atoms with van der Waals surface area (Å²) >= 11 is 0. The van der Waals surface area contributed by atoms with Crippen molar-refractivity contribution < 1.29 is 44.7 Å². The maximum absolute atomic E-state index is 13.3. The van der Waals surface area contributed by atoms with E-state index in [2.05, 4.69) is 5.32 Å². The van der Waals surface area contributed by atoms with Crippen molar-refractivity contribution in [3.8, 4) is 11.1 Å². The van der Waals surface area contributed by atoms with Crippen LogP contribution in [0, 0.1) is 5.41 Å². The summed E-state index contributed by atoms with van der Waals surface area (Å²) < 4.78 is 81.7. The summed E-state index contributed by atoms with van der Waals surface area (Å²) in [7, 11) is -7.66. The molecule has 0 aliphatic heterocycles. The number of carboxylic acids is 1. The number of amidine groups is 1. The highest BCUT2D eigenvalue weighted by Gasteiger charge is 2.38. The average Bonchev–Trinajstić information content (AvgIpc) is 2.92. The highest BCUT2D eigenvalue weighted by atomic mass is 32.2. The minimum Gasteiger partial charge on any atom is -0.475 e. The fourth-order valence-electron chi connectivity index (χ4n) is 4.01. The summed E-state index contributed by atoms with van der Waals surface area (Å²) in [5, 5.41) is 22.9. The molecule has 12 nitrogen and oxygen atoms in total. The first kappa shape index (κ1) is 35.9. The van der Waals surface area contributed by atoms with Gasteiger partial charge in [-0.2, -0.15) is 17.5 Å². The lowest BCUT2D eigenvalue weighted by Gasteiger charge is -2.28. The van der Waals surface area contributed by atoms with Gasteiger partial charge in [0.15, 0.2) is 0 Å². The van der Waals surface area contributed by atoms with Crippen LogP contribution in [0.4, 0.5) is 18.9 Å². The second kappa shape index (κ2) is 14.4. The molecule has 0 unspecified atom stereocenters. The molecule has 3 aromatic rings. The van der Waals surface area contributed by atoms with Crippen molar-refractivity contribution in [1.29, 1.82) is 5.41 Å². The van der Waals surface area contributed by atoms with E-state index in [1.54, 1.807) is 73.7 Å². The van der Waals surface area contributed by atoms with E-state index in [1.807, 2.05) is 0 Å². The zero-order chi connectivity index (χ0) is 33.5. The van der Waals surface area contributed by atoms with Gasteiger partial charge in [0.05, 0.1) is 11.2 Å². The fraction of sp³-hybridized carbons (Fsp3) is 0.222. The van der Waals surface area contributed by atoms with Crippen molar-refractivity contribution >= 4 is 43.4 Å². The van der Waals surface area contributed by atoms with Gasteiger partial charge >= 0.3 is 12.1 Å². The number of carbonyl (C=O) groups is 2. The summed E-state index contributed by atoms with van der Waals surface area (Å²) in [6.45, 7) is 1.72. The van der Waals surface area contributed by atoms with Crippen LogP contribution < -0.4 is 16.2 Å². The smallest absolute Gasteiger partial charge is 0.475 e. The second-order valence-corrected chi connectivity index (χ2v) is 12.7. The Morgan fingerprint density at radius 2 is 1.57 bits per heavy atom. The Bertz CT molecular complexity index is 1730. The van der Waals surface area contributed by atoms with Gasteiger partial charge in [0, 0.05) is 23.4 Å². The number of anilines is 1. The number of nitrogens with zero attached hydrogens (tertiary/aromatic N) is 1. The van der Waals surface area contributed by atoms with Crippen molar-refractivity contribution in [3.05, 3.63) is 83.9 Å². The fourth-order valence-corrected chi connectivity index (χ4v) is 5.87. The molecule has 238 valence electrons. The highest BCUT2D eigenvalue weighted by Crippen LogP contribution is 2.28. The Hall–Kier alpha value is -4.32. The van der Waals surface area contributed by atoms with Gasteiger partial charge in [0.2, 0.25) is 26.0 Å². The number of amides is 1. The molecule has 17 heteroatoms. The number of halogens is 3. The number of primary sulfonamides is 1. The summed E-state index contributed by atoms with van der Waals surface area (Å²) in [6, 6.07) is 18.4. The van der Waals surface area contributed by atoms with E-state index in [-0.39, 0.29) is 23.7 Å². The van der Waals surface area contributed by atoms with E-state index in [4.69, 9.17) is 26.2 Å². The number of benzene rings is 3. The van der Waals surface area contributed by atoms with E-state index < -0.39 is 44.1 Å². The van der Waals surface area contributed by atoms with Crippen LogP contribution in [0.1, 0.15) is 18.1 Å². The van der Waals surface area contributed by atoms with Crippen LogP contribution in [0.15, 0.2) is 77.7 Å². The van der Waals surface area contributed by atoms with Crippen molar-refractivity contribution in [1.82, 2.24) is 4.31 Å². The summed E-state index contributed by atoms with van der Waals surface area (Å²) in [4.78, 5) is 22.2. The molecule has 7 N–H and O–H groups in total. The molecule has 0 aliphatic carbocycles. The maximum atomic E-state index is 13.3. The molecular formula is C27H30F3N5O7S2. The molecule has 3 rings (SSSR count). The number of sulfonamides is 2. The molecule has 0 saturated heterocycles. The first-order chi connectivity index (χ1) is 20.3. The molecule has 0 aliphatic rings. The largest absolute Gasteiger partial charge is 0.490 e. The molecule has 0 fully saturated rings. The molecule has 0 aromatic heterocycles. The van der Waals surface area contributed by atoms with Crippen LogP contribution >= 0.6 is 0 Å². The number of carbonyl (C=O) groups excluding carboxylic acids is 1. The average molecular weight is 658 g/mol. The molecule has 1 amide bonds. The molecular weight excluding hydrogens is 627 g/mol. The Kier molecular flexibility index (Phi) is 11.8. The lowest BCUT2D eigenvalue weighted by Crippen LogP contribution is -2.48. The van der Waals surface area contributed by atoms with Crippen LogP contribution in [-0.2, 0) is 36.1 Å². The van der Waals surface area contributed by atoms with Crippen LogP contribution in [-0.4, -0.2) is 69.0 Å². The quantitative estimate of drug-likeness (QED) is 0.161. The zero-order valence-corrected chi connectivity index (χ0v) is 25.0. The minimum absolute atomic E-state index is 0.0219. The number of alkyl halides is 3. The third-order valence-electron chi connectivity index (χ3n) is 5.95. The molecule has 0 radical (unpaired) electrons. The topological polar surface area (TPSA) is 214 Å². The summed E-state index contributed by atoms with van der Waals surface area (Å²) in [5.74, 6) is -3.44. The first-order valence-electron chi connectivity index (χ1n) is 12.5. The number of aliphatic carboxylic acids is 1. The molecule has 3 aromatic carbocycles. The van der Waals surface area contributed by atoms with Crippen LogP contribution in [0.2, 0.25) is 0 Å². The van der Waals surface area contributed by atoms with Crippen molar-refractivity contribution in [2.75, 3.05) is 18.1 Å². The molecule has 0 heterocycles. The number of nitrogens with one attached hydrogen (secondary N) is 2. The lowest BCUT2D eigenvalue weighted by atomic mass is 10.0. The lowest BCUT2D eigenvalue weighted by molar-refractivity contribution is -0.192. The Labute approximate surface area is 252 Å². The van der Waals surface area contributed by atoms with Crippen molar-refractivity contribution in [3.63, 3.8) is 0 Å². The van der Waals surface area contributed by atoms with Crippen LogP contribution in [0.25, 0.3) is 11.1 Å². The number of hydrogen-bond acceptors (Lipinski definition) is 7. The first-order valence-corrected chi connectivity index (χ1v) is 15.9. The third-order valence-corrected chi connectivity index (χ3v) is 8.29. The summed E-state index contributed by atoms with van der Waals surface area (Å²) in [5.41, 5.74) is 8.08. The molecule has 0 bridgehead atoms. The van der Waals surface area contributed by atoms with E-state index in [1.165, 1.54) is 6.07 Å². The van der Waals surface area contributed by atoms with Crippen molar-refractivity contribution in [2.45, 2.75) is 30.5 Å². The Morgan fingerprint density at radius 1 is 1.00 bits per heavy atom. The SMILES string of the molecule is CCN([C@@H](Cc1cccc(C(=N)N)c1)C(=O)Nc1ccc(-c2ccccc2S(N)(=O)=O)cc1)S(C)(=O)=O.O=C(O)C(F)(F)F. The van der Waals surface area contributed by atoms with Gasteiger partial charge < -0.3 is 16.2 Å². The molecule has 44 heavy (non-hydrogen) atoms.